The number of hydrogen-bond donors (Lipinski definition) is 1. The van der Waals surface area contributed by atoms with Gasteiger partial charge in [0.2, 0.25) is 0 Å². The molecule has 11 heavy (non-hydrogen) atoms. The number of aryl methyl sites for hydroxylation is 1. The summed E-state index contributed by atoms with van der Waals surface area (Å²) in [4.78, 5) is 4.10. The molecule has 1 saturated carbocycles. The van der Waals surface area contributed by atoms with Gasteiger partial charge in [-0.15, -0.1) is 0 Å². The maximum atomic E-state index is 5.74. The summed E-state index contributed by atoms with van der Waals surface area (Å²) in [5.41, 5.74) is 7.05. The Morgan fingerprint density at radius 2 is 2.55 bits per heavy atom. The van der Waals surface area contributed by atoms with Crippen molar-refractivity contribution in [2.45, 2.75) is 31.8 Å². The lowest BCUT2D eigenvalue weighted by Gasteiger charge is -2.01. The van der Waals surface area contributed by atoms with Crippen molar-refractivity contribution in [1.82, 2.24) is 9.55 Å². The van der Waals surface area contributed by atoms with Crippen LogP contribution in [0, 0.1) is 0 Å². The van der Waals surface area contributed by atoms with E-state index >= 15 is 0 Å². The minimum atomic E-state index is 0.386. The fraction of sp³-hybridized carbons (Fsp3) is 0.625. The highest BCUT2D eigenvalue weighted by Crippen LogP contribution is 2.38. The molecular weight excluding hydrogens is 138 g/mol. The molecule has 0 aromatic carbocycles. The lowest BCUT2D eigenvalue weighted by atomic mass is 10.3. The van der Waals surface area contributed by atoms with Crippen molar-refractivity contribution in [3.05, 3.63) is 18.2 Å². The Kier molecular flexibility index (Phi) is 1.46. The molecule has 0 bridgehead atoms. The molecule has 0 aliphatic heterocycles. The SMILES string of the molecule is CCn1cncc1[C@@H]1C[C@H]1N. The molecule has 3 heteroatoms. The normalized spacial score (nSPS) is 28.9. The summed E-state index contributed by atoms with van der Waals surface area (Å²) < 4.78 is 2.16. The predicted molar refractivity (Wildman–Crippen MR) is 43.2 cm³/mol. The van der Waals surface area contributed by atoms with Crippen LogP contribution in [0.15, 0.2) is 12.5 Å². The molecule has 1 aliphatic rings. The molecule has 0 unspecified atom stereocenters. The van der Waals surface area contributed by atoms with Crippen LogP contribution in [-0.4, -0.2) is 15.6 Å². The number of nitrogens with two attached hydrogens (primary N) is 1. The van der Waals surface area contributed by atoms with Gasteiger partial charge >= 0.3 is 0 Å². The fourth-order valence-corrected chi connectivity index (χ4v) is 1.46. The van der Waals surface area contributed by atoms with Crippen LogP contribution < -0.4 is 5.73 Å². The standard InChI is InChI=1S/C8H13N3/c1-2-11-5-10-4-8(11)6-3-7(6)9/h4-7H,2-3,9H2,1H3/t6-,7-/m1/s1. The van der Waals surface area contributed by atoms with Crippen LogP contribution in [0.25, 0.3) is 0 Å². The van der Waals surface area contributed by atoms with Gasteiger partial charge in [-0.05, 0) is 13.3 Å². The number of aromatic nitrogens is 2. The van der Waals surface area contributed by atoms with Crippen LogP contribution in [0.2, 0.25) is 0 Å². The zero-order valence-corrected chi connectivity index (χ0v) is 6.70. The second-order valence-electron chi connectivity index (χ2n) is 3.11. The van der Waals surface area contributed by atoms with Crippen LogP contribution in [0.4, 0.5) is 0 Å². The Balaban J connectivity index is 2.23. The quantitative estimate of drug-likeness (QED) is 0.676. The topological polar surface area (TPSA) is 43.8 Å². The molecule has 3 nitrogen and oxygen atoms in total. The molecule has 0 saturated heterocycles. The van der Waals surface area contributed by atoms with Crippen molar-refractivity contribution in [3.63, 3.8) is 0 Å². The van der Waals surface area contributed by atoms with Gasteiger partial charge in [0.05, 0.1) is 6.33 Å². The average molecular weight is 151 g/mol. The van der Waals surface area contributed by atoms with Gasteiger partial charge in [-0.3, -0.25) is 0 Å². The largest absolute Gasteiger partial charge is 0.335 e. The third-order valence-corrected chi connectivity index (χ3v) is 2.30. The van der Waals surface area contributed by atoms with Crippen LogP contribution in [0.1, 0.15) is 25.0 Å². The Morgan fingerprint density at radius 1 is 1.82 bits per heavy atom. The zero-order valence-electron chi connectivity index (χ0n) is 6.70. The lowest BCUT2D eigenvalue weighted by Crippen LogP contribution is -2.04. The molecule has 1 aliphatic carbocycles. The van der Waals surface area contributed by atoms with E-state index < -0.39 is 0 Å². The van der Waals surface area contributed by atoms with Crippen molar-refractivity contribution in [3.8, 4) is 0 Å². The van der Waals surface area contributed by atoms with Crippen LogP contribution in [0.5, 0.6) is 0 Å². The summed E-state index contributed by atoms with van der Waals surface area (Å²) in [6.07, 6.45) is 4.94. The molecule has 1 fully saturated rings. The Morgan fingerprint density at radius 3 is 3.09 bits per heavy atom. The highest BCUT2D eigenvalue weighted by Gasteiger charge is 2.36. The van der Waals surface area contributed by atoms with Gasteiger partial charge in [-0.25, -0.2) is 4.98 Å². The van der Waals surface area contributed by atoms with Gasteiger partial charge in [-0.2, -0.15) is 0 Å². The second-order valence-corrected chi connectivity index (χ2v) is 3.11. The van der Waals surface area contributed by atoms with Gasteiger partial charge in [-0.1, -0.05) is 0 Å². The highest BCUT2D eigenvalue weighted by atomic mass is 15.1. The van der Waals surface area contributed by atoms with E-state index in [9.17, 15) is 0 Å². The number of rotatable bonds is 2. The first-order valence-corrected chi connectivity index (χ1v) is 4.08. The molecule has 2 rings (SSSR count). The van der Waals surface area contributed by atoms with E-state index in [0.29, 0.717) is 12.0 Å². The van der Waals surface area contributed by atoms with Crippen LogP contribution in [-0.2, 0) is 6.54 Å². The number of hydrogen-bond acceptors (Lipinski definition) is 2. The number of nitrogens with zero attached hydrogens (tertiary/aromatic N) is 2. The zero-order chi connectivity index (χ0) is 7.84. The van der Waals surface area contributed by atoms with Crippen molar-refractivity contribution in [2.24, 2.45) is 5.73 Å². The summed E-state index contributed by atoms with van der Waals surface area (Å²) >= 11 is 0. The Labute approximate surface area is 66.2 Å². The van der Waals surface area contributed by atoms with Crippen LogP contribution in [0.3, 0.4) is 0 Å². The van der Waals surface area contributed by atoms with Crippen molar-refractivity contribution < 1.29 is 0 Å². The smallest absolute Gasteiger partial charge is 0.0948 e. The summed E-state index contributed by atoms with van der Waals surface area (Å²) in [7, 11) is 0. The Hall–Kier alpha value is -0.830. The lowest BCUT2D eigenvalue weighted by molar-refractivity contribution is 0.708. The monoisotopic (exact) mass is 151 g/mol. The van der Waals surface area contributed by atoms with E-state index in [4.69, 9.17) is 5.73 Å². The molecule has 60 valence electrons. The summed E-state index contributed by atoms with van der Waals surface area (Å²) in [6.45, 7) is 3.12. The molecule has 1 aromatic rings. The van der Waals surface area contributed by atoms with E-state index in [1.807, 2.05) is 12.5 Å². The number of imidazole rings is 1. The van der Waals surface area contributed by atoms with E-state index in [1.54, 1.807) is 0 Å². The van der Waals surface area contributed by atoms with Crippen molar-refractivity contribution >= 4 is 0 Å². The van der Waals surface area contributed by atoms with Gasteiger partial charge in [0.15, 0.2) is 0 Å². The average Bonchev–Trinajstić information content (AvgIpc) is 2.58. The molecule has 2 N–H and O–H groups in total. The molecule has 2 atom stereocenters. The summed E-state index contributed by atoms with van der Waals surface area (Å²) in [5.74, 6) is 0.581. The minimum absolute atomic E-state index is 0.386. The van der Waals surface area contributed by atoms with Gasteiger partial charge < -0.3 is 10.3 Å². The molecule has 1 aromatic heterocycles. The van der Waals surface area contributed by atoms with Gasteiger partial charge in [0.25, 0.3) is 0 Å². The first-order chi connectivity index (χ1) is 5.33. The maximum absolute atomic E-state index is 5.74. The van der Waals surface area contributed by atoms with Crippen LogP contribution >= 0.6 is 0 Å². The predicted octanol–water partition coefficient (Wildman–Crippen LogP) is 0.718. The highest BCUT2D eigenvalue weighted by molar-refractivity contribution is 5.18. The molecule has 0 spiro atoms. The van der Waals surface area contributed by atoms with E-state index in [1.165, 1.54) is 5.69 Å². The van der Waals surface area contributed by atoms with Crippen molar-refractivity contribution in [1.29, 1.82) is 0 Å². The maximum Gasteiger partial charge on any atom is 0.0948 e. The third-order valence-electron chi connectivity index (χ3n) is 2.30. The minimum Gasteiger partial charge on any atom is -0.335 e. The molecule has 0 amide bonds. The first-order valence-electron chi connectivity index (χ1n) is 4.08. The summed E-state index contributed by atoms with van der Waals surface area (Å²) in [5, 5.41) is 0. The van der Waals surface area contributed by atoms with E-state index in [-0.39, 0.29) is 0 Å². The third kappa shape index (κ3) is 1.05. The molecular formula is C8H13N3. The van der Waals surface area contributed by atoms with Crippen molar-refractivity contribution in [2.75, 3.05) is 0 Å². The summed E-state index contributed by atoms with van der Waals surface area (Å²) in [6, 6.07) is 0.386. The van der Waals surface area contributed by atoms with E-state index in [0.717, 1.165) is 13.0 Å². The van der Waals surface area contributed by atoms with Gasteiger partial charge in [0.1, 0.15) is 0 Å². The Bertz CT molecular complexity index is 254. The first kappa shape index (κ1) is 6.85. The van der Waals surface area contributed by atoms with Gasteiger partial charge in [0, 0.05) is 30.4 Å². The van der Waals surface area contributed by atoms with E-state index in [2.05, 4.69) is 16.5 Å². The molecule has 0 radical (unpaired) electrons. The molecule has 1 heterocycles. The second kappa shape index (κ2) is 2.34. The fourth-order valence-electron chi connectivity index (χ4n) is 1.46.